The number of hydrogen-bond donors (Lipinski definition) is 2. The molecule has 2 aromatic carbocycles. The van der Waals surface area contributed by atoms with Crippen molar-refractivity contribution in [1.29, 1.82) is 0 Å². The summed E-state index contributed by atoms with van der Waals surface area (Å²) in [6.45, 7) is 7.11. The zero-order chi connectivity index (χ0) is 22.6. The van der Waals surface area contributed by atoms with Gasteiger partial charge in [0.25, 0.3) is 5.91 Å². The van der Waals surface area contributed by atoms with E-state index in [4.69, 9.17) is 5.73 Å². The van der Waals surface area contributed by atoms with Crippen molar-refractivity contribution >= 4 is 11.8 Å². The van der Waals surface area contributed by atoms with Crippen LogP contribution in [0.25, 0.3) is 11.3 Å². The molecule has 6 heteroatoms. The molecule has 2 aliphatic rings. The molecule has 1 aromatic heterocycles. The third-order valence-electron chi connectivity index (χ3n) is 6.99. The number of H-pyrrole nitrogens is 1. The Balaban J connectivity index is 1.43. The summed E-state index contributed by atoms with van der Waals surface area (Å²) in [5, 5.41) is 7.89. The van der Waals surface area contributed by atoms with Crippen LogP contribution in [0.4, 0.5) is 0 Å². The van der Waals surface area contributed by atoms with Gasteiger partial charge in [0, 0.05) is 34.5 Å². The number of carbonyl (C=O) groups excluding carboxylic acids is 2. The number of primary amides is 1. The zero-order valence-corrected chi connectivity index (χ0v) is 18.7. The van der Waals surface area contributed by atoms with Crippen LogP contribution in [0.2, 0.25) is 0 Å². The molecular weight excluding hydrogens is 400 g/mol. The van der Waals surface area contributed by atoms with Gasteiger partial charge in [-0.3, -0.25) is 14.7 Å². The molecule has 3 N–H and O–H groups in total. The highest BCUT2D eigenvalue weighted by molar-refractivity contribution is 5.99. The Labute approximate surface area is 187 Å². The van der Waals surface area contributed by atoms with Crippen LogP contribution in [-0.4, -0.2) is 26.9 Å². The first-order valence-corrected chi connectivity index (χ1v) is 11.1. The molecule has 0 spiro atoms. The second-order valence-electron chi connectivity index (χ2n) is 9.84. The summed E-state index contributed by atoms with van der Waals surface area (Å²) in [6.07, 6.45) is 3.17. The van der Waals surface area contributed by atoms with Crippen molar-refractivity contribution in [1.82, 2.24) is 15.1 Å². The molecule has 0 radical (unpaired) electrons. The fourth-order valence-electron chi connectivity index (χ4n) is 5.02. The van der Waals surface area contributed by atoms with Gasteiger partial charge < -0.3 is 10.6 Å². The topological polar surface area (TPSA) is 92.1 Å². The first-order valence-electron chi connectivity index (χ1n) is 11.1. The number of amides is 2. The fourth-order valence-corrected chi connectivity index (χ4v) is 5.02. The van der Waals surface area contributed by atoms with Crippen molar-refractivity contribution in [3.8, 4) is 11.3 Å². The van der Waals surface area contributed by atoms with E-state index >= 15 is 0 Å². The number of nitrogens with one attached hydrogen (secondary N) is 1. The van der Waals surface area contributed by atoms with E-state index in [2.05, 4.69) is 30.1 Å². The van der Waals surface area contributed by atoms with Crippen molar-refractivity contribution in [3.63, 3.8) is 0 Å². The summed E-state index contributed by atoms with van der Waals surface area (Å²) in [4.78, 5) is 26.5. The molecule has 1 atom stereocenters. The Hall–Kier alpha value is -3.41. The number of fused-ring (bicyclic) bond motifs is 2. The van der Waals surface area contributed by atoms with Crippen LogP contribution >= 0.6 is 0 Å². The number of nitrogens with two attached hydrogens (primary N) is 1. The summed E-state index contributed by atoms with van der Waals surface area (Å²) in [6, 6.07) is 13.1. The van der Waals surface area contributed by atoms with Gasteiger partial charge in [-0.15, -0.1) is 0 Å². The zero-order valence-electron chi connectivity index (χ0n) is 18.7. The average molecular weight is 429 g/mol. The number of rotatable bonds is 4. The van der Waals surface area contributed by atoms with Gasteiger partial charge in [0.15, 0.2) is 0 Å². The van der Waals surface area contributed by atoms with Gasteiger partial charge >= 0.3 is 0 Å². The monoisotopic (exact) mass is 428 g/mol. The minimum Gasteiger partial charge on any atom is -0.366 e. The van der Waals surface area contributed by atoms with Crippen molar-refractivity contribution in [2.45, 2.75) is 52.6 Å². The molecule has 3 aromatic rings. The Kier molecular flexibility index (Phi) is 4.69. The lowest BCUT2D eigenvalue weighted by molar-refractivity contribution is 0.0716. The van der Waals surface area contributed by atoms with Crippen molar-refractivity contribution in [2.75, 3.05) is 0 Å². The molecule has 0 unspecified atom stereocenters. The maximum absolute atomic E-state index is 13.1. The average Bonchev–Trinajstić information content (AvgIpc) is 3.32. The van der Waals surface area contributed by atoms with E-state index in [1.807, 2.05) is 30.0 Å². The van der Waals surface area contributed by atoms with Gasteiger partial charge in [-0.2, -0.15) is 5.10 Å². The van der Waals surface area contributed by atoms with E-state index in [1.54, 1.807) is 18.2 Å². The van der Waals surface area contributed by atoms with E-state index in [-0.39, 0.29) is 11.9 Å². The number of carbonyl (C=O) groups is 2. The molecule has 0 saturated carbocycles. The maximum atomic E-state index is 13.1. The highest BCUT2D eigenvalue weighted by Crippen LogP contribution is 2.39. The lowest BCUT2D eigenvalue weighted by Crippen LogP contribution is -2.27. The second-order valence-corrected chi connectivity index (χ2v) is 9.84. The molecule has 5 rings (SSSR count). The summed E-state index contributed by atoms with van der Waals surface area (Å²) in [5.41, 5.74) is 13.4. The lowest BCUT2D eigenvalue weighted by atomic mass is 9.76. The lowest BCUT2D eigenvalue weighted by Gasteiger charge is -2.29. The second kappa shape index (κ2) is 7.33. The van der Waals surface area contributed by atoms with Crippen LogP contribution < -0.4 is 5.73 Å². The minimum atomic E-state index is -0.467. The maximum Gasteiger partial charge on any atom is 0.255 e. The first kappa shape index (κ1) is 20.5. The Morgan fingerprint density at radius 1 is 1.22 bits per heavy atom. The normalized spacial score (nSPS) is 17.7. The molecule has 6 nitrogen and oxygen atoms in total. The molecule has 0 saturated heterocycles. The number of aromatic nitrogens is 2. The van der Waals surface area contributed by atoms with Crippen molar-refractivity contribution in [2.24, 2.45) is 11.1 Å². The predicted molar refractivity (Wildman–Crippen MR) is 123 cm³/mol. The largest absolute Gasteiger partial charge is 0.366 e. The van der Waals surface area contributed by atoms with E-state index in [9.17, 15) is 9.59 Å². The minimum absolute atomic E-state index is 0.00864. The van der Waals surface area contributed by atoms with Crippen molar-refractivity contribution in [3.05, 3.63) is 76.0 Å². The standard InChI is InChI=1S/C26H28N4O2/c1-15(16-5-4-6-18(11-16)24(27)31)30-14-19-12-17(7-8-20(19)25(30)32)23-21-9-10-26(2,3)13-22(21)28-29-23/h4-8,11-12,15H,9-10,13-14H2,1-3H3,(H2,27,31)(H,28,29)/t15-/m1/s1. The van der Waals surface area contributed by atoms with Gasteiger partial charge in [-0.25, -0.2) is 0 Å². The Bertz CT molecular complexity index is 1240. The van der Waals surface area contributed by atoms with Crippen LogP contribution in [0, 0.1) is 5.41 Å². The smallest absolute Gasteiger partial charge is 0.255 e. The van der Waals surface area contributed by atoms with E-state index in [1.165, 1.54) is 11.3 Å². The predicted octanol–water partition coefficient (Wildman–Crippen LogP) is 4.41. The summed E-state index contributed by atoms with van der Waals surface area (Å²) in [5.74, 6) is -0.459. The highest BCUT2D eigenvalue weighted by atomic mass is 16.2. The van der Waals surface area contributed by atoms with E-state index < -0.39 is 5.91 Å². The van der Waals surface area contributed by atoms with E-state index in [0.717, 1.165) is 47.2 Å². The van der Waals surface area contributed by atoms with Gasteiger partial charge in [0.1, 0.15) is 0 Å². The van der Waals surface area contributed by atoms with Crippen LogP contribution in [-0.2, 0) is 19.4 Å². The molecule has 1 aliphatic carbocycles. The molecule has 1 aliphatic heterocycles. The van der Waals surface area contributed by atoms with Crippen molar-refractivity contribution < 1.29 is 9.59 Å². The van der Waals surface area contributed by atoms with Gasteiger partial charge in [0.2, 0.25) is 5.91 Å². The quantitative estimate of drug-likeness (QED) is 0.645. The fraction of sp³-hybridized carbons (Fsp3) is 0.346. The molecule has 2 heterocycles. The summed E-state index contributed by atoms with van der Waals surface area (Å²) < 4.78 is 0. The third-order valence-corrected chi connectivity index (χ3v) is 6.99. The number of nitrogens with zero attached hydrogens (tertiary/aromatic N) is 2. The molecule has 164 valence electrons. The van der Waals surface area contributed by atoms with Crippen LogP contribution in [0.3, 0.4) is 0 Å². The molecule has 2 amide bonds. The number of hydrogen-bond acceptors (Lipinski definition) is 3. The number of benzene rings is 2. The van der Waals surface area contributed by atoms with Crippen LogP contribution in [0.5, 0.6) is 0 Å². The highest BCUT2D eigenvalue weighted by Gasteiger charge is 2.33. The SMILES string of the molecule is C[C@H](c1cccc(C(N)=O)c1)N1Cc2cc(-c3n[nH]c4c3CCC(C)(C)C4)ccc2C1=O. The molecular formula is C26H28N4O2. The molecule has 0 fully saturated rings. The van der Waals surface area contributed by atoms with Gasteiger partial charge in [-0.1, -0.05) is 32.0 Å². The van der Waals surface area contributed by atoms with Gasteiger partial charge in [0.05, 0.1) is 11.7 Å². The molecule has 32 heavy (non-hydrogen) atoms. The summed E-state index contributed by atoms with van der Waals surface area (Å²) in [7, 11) is 0. The first-order chi connectivity index (χ1) is 15.2. The Morgan fingerprint density at radius 2 is 2.03 bits per heavy atom. The van der Waals surface area contributed by atoms with Crippen LogP contribution in [0.1, 0.15) is 76.3 Å². The number of aromatic amines is 1. The third kappa shape index (κ3) is 3.40. The van der Waals surface area contributed by atoms with Crippen LogP contribution in [0.15, 0.2) is 42.5 Å². The summed E-state index contributed by atoms with van der Waals surface area (Å²) >= 11 is 0. The molecule has 0 bridgehead atoms. The van der Waals surface area contributed by atoms with Gasteiger partial charge in [-0.05, 0) is 67.0 Å². The van der Waals surface area contributed by atoms with E-state index in [0.29, 0.717) is 17.5 Å². The Morgan fingerprint density at radius 3 is 2.81 bits per heavy atom.